The van der Waals surface area contributed by atoms with Gasteiger partial charge in [-0.25, -0.2) is 8.42 Å². The molecule has 0 heterocycles. The number of esters is 1. The highest BCUT2D eigenvalue weighted by molar-refractivity contribution is 7.92. The number of hydrogen-bond donors (Lipinski definition) is 1. The Bertz CT molecular complexity index is 311. The normalized spacial score (nSPS) is 13.8. The molecule has 16 heavy (non-hydrogen) atoms. The number of hydrogen-bond acceptors (Lipinski definition) is 5. The van der Waals surface area contributed by atoms with Gasteiger partial charge in [-0.05, 0) is 27.7 Å². The lowest BCUT2D eigenvalue weighted by Crippen LogP contribution is -2.38. The maximum absolute atomic E-state index is 11.5. The fourth-order valence-electron chi connectivity index (χ4n) is 1.00. The third-order valence-electron chi connectivity index (χ3n) is 2.20. The summed E-state index contributed by atoms with van der Waals surface area (Å²) in [5.41, 5.74) is 0. The molecule has 0 aromatic carbocycles. The first-order valence-corrected chi connectivity index (χ1v) is 7.14. The lowest BCUT2D eigenvalue weighted by atomic mass is 10.3. The van der Waals surface area contributed by atoms with Gasteiger partial charge in [0, 0.05) is 6.54 Å². The summed E-state index contributed by atoms with van der Waals surface area (Å²) < 4.78 is 27.7. The van der Waals surface area contributed by atoms with Gasteiger partial charge < -0.3 is 10.1 Å². The van der Waals surface area contributed by atoms with Gasteiger partial charge in [-0.2, -0.15) is 0 Å². The van der Waals surface area contributed by atoms with Gasteiger partial charge in [0.05, 0.1) is 17.6 Å². The van der Waals surface area contributed by atoms with Crippen molar-refractivity contribution in [1.82, 2.24) is 5.32 Å². The van der Waals surface area contributed by atoms with Gasteiger partial charge >= 0.3 is 5.97 Å². The number of ether oxygens (including phenoxy) is 1. The van der Waals surface area contributed by atoms with Gasteiger partial charge in [0.25, 0.3) is 0 Å². The molecule has 5 nitrogen and oxygen atoms in total. The van der Waals surface area contributed by atoms with Crippen LogP contribution in [0.2, 0.25) is 0 Å². The van der Waals surface area contributed by atoms with Crippen molar-refractivity contribution in [2.45, 2.75) is 39.0 Å². The Kier molecular flexibility index (Phi) is 6.59. The maximum Gasteiger partial charge on any atom is 0.322 e. The van der Waals surface area contributed by atoms with E-state index >= 15 is 0 Å². The number of carbonyl (C=O) groups is 1. The zero-order valence-corrected chi connectivity index (χ0v) is 11.1. The molecule has 1 atom stereocenters. The zero-order chi connectivity index (χ0) is 12.8. The highest BCUT2D eigenvalue weighted by atomic mass is 32.2. The standard InChI is InChI=1S/C10H21NO4S/c1-5-15-10(12)9(4)11-6-7-16(13,14)8(2)3/h8-9,11H,5-7H2,1-4H3. The van der Waals surface area contributed by atoms with E-state index in [4.69, 9.17) is 4.74 Å². The van der Waals surface area contributed by atoms with Crippen LogP contribution in [0.15, 0.2) is 0 Å². The van der Waals surface area contributed by atoms with Crippen LogP contribution in [0.25, 0.3) is 0 Å². The van der Waals surface area contributed by atoms with Crippen LogP contribution < -0.4 is 5.32 Å². The Hall–Kier alpha value is -0.620. The van der Waals surface area contributed by atoms with Crippen LogP contribution in [0.4, 0.5) is 0 Å². The summed E-state index contributed by atoms with van der Waals surface area (Å²) >= 11 is 0. The lowest BCUT2D eigenvalue weighted by molar-refractivity contribution is -0.145. The molecule has 0 aromatic heterocycles. The van der Waals surface area contributed by atoms with Crippen LogP contribution in [-0.2, 0) is 19.4 Å². The van der Waals surface area contributed by atoms with Crippen molar-refractivity contribution in [3.63, 3.8) is 0 Å². The Morgan fingerprint density at radius 1 is 1.31 bits per heavy atom. The van der Waals surface area contributed by atoms with Gasteiger partial charge in [-0.15, -0.1) is 0 Å². The molecule has 6 heteroatoms. The molecule has 0 amide bonds. The van der Waals surface area contributed by atoms with Crippen molar-refractivity contribution >= 4 is 15.8 Å². The lowest BCUT2D eigenvalue weighted by Gasteiger charge is -2.13. The zero-order valence-electron chi connectivity index (χ0n) is 10.3. The van der Waals surface area contributed by atoms with E-state index < -0.39 is 15.9 Å². The first-order chi connectivity index (χ1) is 7.31. The molecule has 1 unspecified atom stereocenters. The molecule has 96 valence electrons. The summed E-state index contributed by atoms with van der Waals surface area (Å²) in [5, 5.41) is 2.44. The van der Waals surface area contributed by atoms with E-state index in [0.29, 0.717) is 6.61 Å². The van der Waals surface area contributed by atoms with E-state index in [0.717, 1.165) is 0 Å². The molecule has 0 saturated carbocycles. The minimum Gasteiger partial charge on any atom is -0.465 e. The molecule has 0 bridgehead atoms. The molecule has 0 saturated heterocycles. The van der Waals surface area contributed by atoms with Crippen molar-refractivity contribution in [2.24, 2.45) is 0 Å². The summed E-state index contributed by atoms with van der Waals surface area (Å²) in [6.07, 6.45) is 0. The first-order valence-electron chi connectivity index (χ1n) is 5.42. The Labute approximate surface area is 97.5 Å². The van der Waals surface area contributed by atoms with Crippen LogP contribution in [0.5, 0.6) is 0 Å². The predicted octanol–water partition coefficient (Wildman–Crippen LogP) is 0.351. The molecule has 0 rings (SSSR count). The smallest absolute Gasteiger partial charge is 0.322 e. The monoisotopic (exact) mass is 251 g/mol. The van der Waals surface area contributed by atoms with Gasteiger partial charge in [0.15, 0.2) is 9.84 Å². The SMILES string of the molecule is CCOC(=O)C(C)NCCS(=O)(=O)C(C)C. The van der Waals surface area contributed by atoms with E-state index in [9.17, 15) is 13.2 Å². The Morgan fingerprint density at radius 3 is 2.31 bits per heavy atom. The summed E-state index contributed by atoms with van der Waals surface area (Å²) in [7, 11) is -3.05. The summed E-state index contributed by atoms with van der Waals surface area (Å²) in [5.74, 6) is -0.321. The van der Waals surface area contributed by atoms with Crippen LogP contribution in [0, 0.1) is 0 Å². The van der Waals surface area contributed by atoms with Gasteiger partial charge in [0.1, 0.15) is 6.04 Å². The molecule has 1 N–H and O–H groups in total. The van der Waals surface area contributed by atoms with Crippen molar-refractivity contribution in [1.29, 1.82) is 0 Å². The largest absolute Gasteiger partial charge is 0.465 e. The van der Waals surface area contributed by atoms with Crippen molar-refractivity contribution in [2.75, 3.05) is 18.9 Å². The second kappa shape index (κ2) is 6.85. The summed E-state index contributed by atoms with van der Waals surface area (Å²) in [4.78, 5) is 11.2. The molecule has 0 aliphatic rings. The van der Waals surface area contributed by atoms with E-state index in [1.165, 1.54) is 0 Å². The van der Waals surface area contributed by atoms with E-state index in [1.807, 2.05) is 0 Å². The topological polar surface area (TPSA) is 72.5 Å². The molecule has 0 radical (unpaired) electrons. The number of rotatable bonds is 7. The Balaban J connectivity index is 3.95. The number of sulfone groups is 1. The van der Waals surface area contributed by atoms with Crippen LogP contribution in [-0.4, -0.2) is 44.6 Å². The quantitative estimate of drug-likeness (QED) is 0.661. The average molecular weight is 251 g/mol. The fraction of sp³-hybridized carbons (Fsp3) is 0.900. The van der Waals surface area contributed by atoms with Crippen LogP contribution >= 0.6 is 0 Å². The summed E-state index contributed by atoms with van der Waals surface area (Å²) in [6.45, 7) is 7.26. The van der Waals surface area contributed by atoms with Crippen molar-refractivity contribution in [3.05, 3.63) is 0 Å². The minimum atomic E-state index is -3.05. The highest BCUT2D eigenvalue weighted by Crippen LogP contribution is 1.99. The van der Waals surface area contributed by atoms with E-state index in [2.05, 4.69) is 5.32 Å². The van der Waals surface area contributed by atoms with E-state index in [-0.39, 0.29) is 23.5 Å². The van der Waals surface area contributed by atoms with Gasteiger partial charge in [0.2, 0.25) is 0 Å². The average Bonchev–Trinajstić information content (AvgIpc) is 2.17. The molecule has 0 aromatic rings. The highest BCUT2D eigenvalue weighted by Gasteiger charge is 2.18. The molecule has 0 aliphatic heterocycles. The summed E-state index contributed by atoms with van der Waals surface area (Å²) in [6, 6.07) is -0.470. The third kappa shape index (κ3) is 5.46. The Morgan fingerprint density at radius 2 is 1.88 bits per heavy atom. The molecule has 0 spiro atoms. The third-order valence-corrected chi connectivity index (χ3v) is 4.41. The molecule has 0 aliphatic carbocycles. The van der Waals surface area contributed by atoms with Crippen molar-refractivity contribution in [3.8, 4) is 0 Å². The van der Waals surface area contributed by atoms with Crippen LogP contribution in [0.1, 0.15) is 27.7 Å². The first kappa shape index (κ1) is 15.4. The predicted molar refractivity (Wildman–Crippen MR) is 63.0 cm³/mol. The minimum absolute atomic E-state index is 0.0361. The van der Waals surface area contributed by atoms with Crippen LogP contribution in [0.3, 0.4) is 0 Å². The molecular formula is C10H21NO4S. The number of carbonyl (C=O) groups excluding carboxylic acids is 1. The van der Waals surface area contributed by atoms with E-state index in [1.54, 1.807) is 27.7 Å². The van der Waals surface area contributed by atoms with Gasteiger partial charge in [-0.1, -0.05) is 0 Å². The second-order valence-electron chi connectivity index (χ2n) is 3.84. The van der Waals surface area contributed by atoms with Crippen molar-refractivity contribution < 1.29 is 17.9 Å². The molecular weight excluding hydrogens is 230 g/mol. The molecule has 0 fully saturated rings. The fourth-order valence-corrected chi connectivity index (χ4v) is 1.88. The second-order valence-corrected chi connectivity index (χ2v) is 6.52. The maximum atomic E-state index is 11.5. The van der Waals surface area contributed by atoms with Gasteiger partial charge in [-0.3, -0.25) is 4.79 Å². The number of nitrogens with one attached hydrogen (secondary N) is 1.